The number of unbranched alkanes of at least 4 members (excludes halogenated alkanes) is 2. The second kappa shape index (κ2) is 32.0. The summed E-state index contributed by atoms with van der Waals surface area (Å²) in [5.41, 5.74) is 0.0268. The molecular weight excluding hydrogens is 1280 g/mol. The molecule has 24 heteroatoms. The topological polar surface area (TPSA) is 157 Å². The van der Waals surface area contributed by atoms with Gasteiger partial charge in [0.15, 0.2) is 0 Å². The van der Waals surface area contributed by atoms with Crippen molar-refractivity contribution in [2.24, 2.45) is 0 Å². The van der Waals surface area contributed by atoms with Crippen LogP contribution in [0, 0.1) is 11.6 Å². The molecule has 16 nitrogen and oxygen atoms in total. The number of amides is 5. The van der Waals surface area contributed by atoms with Crippen molar-refractivity contribution in [2.75, 3.05) is 117 Å². The molecule has 3 saturated heterocycles. The Hall–Kier alpha value is -8.45. The van der Waals surface area contributed by atoms with Crippen molar-refractivity contribution in [2.45, 2.75) is 106 Å². The monoisotopic (exact) mass is 1360 g/mol. The van der Waals surface area contributed by atoms with Crippen LogP contribution in [0.5, 0.6) is 0 Å². The van der Waals surface area contributed by atoms with E-state index >= 15 is 4.39 Å². The number of para-hydroxylation sites is 1. The highest BCUT2D eigenvalue weighted by Crippen LogP contribution is 2.49. The van der Waals surface area contributed by atoms with Gasteiger partial charge in [0, 0.05) is 102 Å². The molecule has 524 valence electrons. The van der Waals surface area contributed by atoms with E-state index in [2.05, 4.69) is 32.6 Å². The summed E-state index contributed by atoms with van der Waals surface area (Å²) in [6.07, 6.45) is -4.73. The third-order valence-electron chi connectivity index (χ3n) is 19.6. The lowest BCUT2D eigenvalue weighted by atomic mass is 9.72. The van der Waals surface area contributed by atoms with Gasteiger partial charge >= 0.3 is 18.4 Å². The predicted molar refractivity (Wildman–Crippen MR) is 355 cm³/mol. The Balaban J connectivity index is 0.611. The number of hydrogen-bond acceptors (Lipinski definition) is 11. The molecule has 98 heavy (non-hydrogen) atoms. The highest BCUT2D eigenvalue weighted by molar-refractivity contribution is 5.96. The first-order valence-electron chi connectivity index (χ1n) is 33.4. The zero-order valence-corrected chi connectivity index (χ0v) is 55.4. The van der Waals surface area contributed by atoms with E-state index in [9.17, 15) is 54.7 Å². The molecule has 6 aromatic carbocycles. The number of likely N-dealkylation sites (N-methyl/N-ethyl adjacent to an activating group) is 2. The molecule has 3 fully saturated rings. The van der Waals surface area contributed by atoms with Crippen LogP contribution in [0.15, 0.2) is 140 Å². The zero-order valence-electron chi connectivity index (χ0n) is 55.4. The maximum Gasteiger partial charge on any atom is 0.416 e. The standard InChI is InChI=1S/C74H84F8N8O8/c1-85(34-14-35-87(3)69(94)61-27-26-58(47-63(61)76)83-33-13-5-8-21-66(91)86(2)41-42-88-36-28-59(29-37-88)98-70(95)84-64-20-12-10-18-60(64)51-15-6-4-7-16-51)67(92)48-96-65-45-52-17-9-11-19-62(52)71(65)30-38-89(39-31-71)40-32-72(54-22-24-57(75)25-23-54)49-90(50-97-72)68(93)53-43-55(73(77,78)79)46-56(44-53)74(80,81)82/h4,6-7,9-12,15-20,22-27,43-44,46-47,59,65,83H,5,8,13-14,21,28-42,45,48-50H2,1-3H3,(H,84,95)/t65?,72-/m0/s1. The Morgan fingerprint density at radius 2 is 1.32 bits per heavy atom. The number of carbonyl (C=O) groups excluding carboxylic acids is 5. The van der Waals surface area contributed by atoms with E-state index in [0.717, 1.165) is 59.6 Å². The number of carbonyl (C=O) groups is 5. The number of alkyl halides is 6. The van der Waals surface area contributed by atoms with Gasteiger partial charge in [0.1, 0.15) is 36.7 Å². The molecule has 2 N–H and O–H groups in total. The summed E-state index contributed by atoms with van der Waals surface area (Å²) in [7, 11) is 5.06. The molecule has 0 saturated carbocycles. The van der Waals surface area contributed by atoms with Gasteiger partial charge < -0.3 is 48.9 Å². The first-order valence-corrected chi connectivity index (χ1v) is 33.4. The Labute approximate surface area is 566 Å². The third kappa shape index (κ3) is 18.1. The van der Waals surface area contributed by atoms with Gasteiger partial charge in [-0.25, -0.2) is 13.6 Å². The Morgan fingerprint density at radius 3 is 2.02 bits per heavy atom. The van der Waals surface area contributed by atoms with Crippen molar-refractivity contribution >= 4 is 41.1 Å². The number of anilines is 2. The predicted octanol–water partition coefficient (Wildman–Crippen LogP) is 13.1. The minimum Gasteiger partial charge on any atom is -0.446 e. The van der Waals surface area contributed by atoms with E-state index in [-0.39, 0.29) is 61.8 Å². The number of likely N-dealkylation sites (tertiary alicyclic amines) is 2. The summed E-state index contributed by atoms with van der Waals surface area (Å²) < 4.78 is 131. The fourth-order valence-electron chi connectivity index (χ4n) is 13.8. The quantitative estimate of drug-likeness (QED) is 0.0394. The Kier molecular flexibility index (Phi) is 23.6. The van der Waals surface area contributed by atoms with Crippen molar-refractivity contribution in [3.63, 3.8) is 0 Å². The van der Waals surface area contributed by atoms with E-state index in [1.165, 1.54) is 41.3 Å². The lowest BCUT2D eigenvalue weighted by Gasteiger charge is -2.44. The van der Waals surface area contributed by atoms with Crippen LogP contribution in [0.1, 0.15) is 113 Å². The van der Waals surface area contributed by atoms with Gasteiger partial charge in [-0.3, -0.25) is 24.5 Å². The number of hydrogen-bond donors (Lipinski definition) is 2. The maximum absolute atomic E-state index is 15.5. The average Bonchev–Trinajstić information content (AvgIpc) is 1.58. The number of nitrogens with one attached hydrogen (secondary N) is 2. The van der Waals surface area contributed by atoms with Gasteiger partial charge in [-0.15, -0.1) is 0 Å². The highest BCUT2D eigenvalue weighted by Gasteiger charge is 2.50. The molecule has 2 atom stereocenters. The number of benzene rings is 6. The van der Waals surface area contributed by atoms with E-state index < -0.39 is 76.3 Å². The molecule has 0 radical (unpaired) electrons. The van der Waals surface area contributed by atoms with Crippen LogP contribution >= 0.6 is 0 Å². The van der Waals surface area contributed by atoms with Crippen LogP contribution in [-0.4, -0.2) is 178 Å². The van der Waals surface area contributed by atoms with Crippen LogP contribution in [0.4, 0.5) is 51.3 Å². The van der Waals surface area contributed by atoms with Crippen LogP contribution in [0.25, 0.3) is 11.1 Å². The Bertz CT molecular complexity index is 3700. The number of rotatable bonds is 26. The molecule has 10 rings (SSSR count). The van der Waals surface area contributed by atoms with E-state index in [1.54, 1.807) is 30.0 Å². The van der Waals surface area contributed by atoms with Gasteiger partial charge in [0.05, 0.1) is 35.0 Å². The molecule has 0 aromatic heterocycles. The molecule has 4 aliphatic rings. The fraction of sp³-hybridized carbons (Fsp3) is 0.446. The lowest BCUT2D eigenvalue weighted by Crippen LogP contribution is -2.50. The molecule has 0 bridgehead atoms. The highest BCUT2D eigenvalue weighted by atomic mass is 19.4. The number of piperidine rings is 2. The van der Waals surface area contributed by atoms with E-state index in [1.807, 2.05) is 73.8 Å². The van der Waals surface area contributed by atoms with Gasteiger partial charge in [-0.2, -0.15) is 26.3 Å². The third-order valence-corrected chi connectivity index (χ3v) is 19.6. The molecule has 6 aromatic rings. The molecular formula is C74H84F8N8O8. The SMILES string of the molecule is CN(CCN1CCC(OC(=O)Nc2ccccc2-c2ccccc2)CC1)C(=O)CCCCCNc1ccc(C(=O)N(C)CCCN(C)C(=O)COC2Cc3ccccc3C23CCN(CC[C@@]2(c4ccc(F)cc4)CN(C(=O)c4cc(C(F)(F)F)cc(C(F)(F)F)c4)CO2)CC3)c(F)c1. The van der Waals surface area contributed by atoms with Crippen molar-refractivity contribution in [3.8, 4) is 11.1 Å². The fourth-order valence-corrected chi connectivity index (χ4v) is 13.8. The number of fused-ring (bicyclic) bond motifs is 2. The zero-order chi connectivity index (χ0) is 69.8. The minimum atomic E-state index is -5.16. The summed E-state index contributed by atoms with van der Waals surface area (Å²) in [5.74, 6) is -2.98. The van der Waals surface area contributed by atoms with Gasteiger partial charge in [0.25, 0.3) is 11.8 Å². The maximum atomic E-state index is 15.5. The molecule has 1 aliphatic carbocycles. The van der Waals surface area contributed by atoms with E-state index in [4.69, 9.17) is 14.2 Å². The number of ether oxygens (including phenoxy) is 3. The lowest BCUT2D eigenvalue weighted by molar-refractivity contribution is -0.143. The second-order valence-electron chi connectivity index (χ2n) is 26.1. The summed E-state index contributed by atoms with van der Waals surface area (Å²) in [5, 5.41) is 6.13. The summed E-state index contributed by atoms with van der Waals surface area (Å²) in [4.78, 5) is 77.0. The second-order valence-corrected chi connectivity index (χ2v) is 26.1. The van der Waals surface area contributed by atoms with Gasteiger partial charge in [-0.05, 0) is 148 Å². The molecule has 1 unspecified atom stereocenters. The molecule has 5 amide bonds. The van der Waals surface area contributed by atoms with Crippen molar-refractivity contribution in [3.05, 3.63) is 190 Å². The normalized spacial score (nSPS) is 18.1. The minimum absolute atomic E-state index is 0.0363. The summed E-state index contributed by atoms with van der Waals surface area (Å²) in [6.45, 7) is 4.63. The van der Waals surface area contributed by atoms with Crippen LogP contribution in [0.3, 0.4) is 0 Å². The Morgan fingerprint density at radius 1 is 0.663 bits per heavy atom. The van der Waals surface area contributed by atoms with Crippen LogP contribution < -0.4 is 10.6 Å². The molecule has 1 spiro atoms. The summed E-state index contributed by atoms with van der Waals surface area (Å²) >= 11 is 0. The smallest absolute Gasteiger partial charge is 0.416 e. The first kappa shape index (κ1) is 72.3. The summed E-state index contributed by atoms with van der Waals surface area (Å²) in [6, 6.07) is 36.1. The van der Waals surface area contributed by atoms with E-state index in [0.29, 0.717) is 120 Å². The first-order chi connectivity index (χ1) is 46.9. The van der Waals surface area contributed by atoms with Crippen LogP contribution in [-0.2, 0) is 53.6 Å². The average molecular weight is 1370 g/mol. The molecule has 3 aliphatic heterocycles. The van der Waals surface area contributed by atoms with Crippen molar-refractivity contribution < 1.29 is 73.3 Å². The number of halogens is 8. The van der Waals surface area contributed by atoms with Crippen molar-refractivity contribution in [1.29, 1.82) is 0 Å². The molecule has 3 heterocycles. The van der Waals surface area contributed by atoms with Crippen LogP contribution in [0.2, 0.25) is 0 Å². The van der Waals surface area contributed by atoms with Gasteiger partial charge in [0.2, 0.25) is 11.8 Å². The van der Waals surface area contributed by atoms with Gasteiger partial charge in [-0.1, -0.05) is 91.3 Å². The van der Waals surface area contributed by atoms with Crippen molar-refractivity contribution in [1.82, 2.24) is 29.4 Å². The number of nitrogens with zero attached hydrogens (tertiary/aromatic N) is 6. The largest absolute Gasteiger partial charge is 0.446 e.